The van der Waals surface area contributed by atoms with E-state index >= 15 is 0 Å². The molecule has 0 aromatic rings. The zero-order valence-corrected chi connectivity index (χ0v) is 12.3. The lowest BCUT2D eigenvalue weighted by Crippen LogP contribution is -2.54. The normalized spacial score (nSPS) is 28.5. The van der Waals surface area contributed by atoms with Gasteiger partial charge in [0.2, 0.25) is 0 Å². The van der Waals surface area contributed by atoms with Crippen LogP contribution < -0.4 is 5.32 Å². The lowest BCUT2D eigenvalue weighted by molar-refractivity contribution is -0.146. The van der Waals surface area contributed by atoms with Crippen molar-refractivity contribution in [1.82, 2.24) is 5.32 Å². The van der Waals surface area contributed by atoms with Crippen molar-refractivity contribution in [2.24, 2.45) is 5.92 Å². The van der Waals surface area contributed by atoms with Gasteiger partial charge in [0.05, 0.1) is 12.7 Å². The smallest absolute Gasteiger partial charge is 0.324 e. The van der Waals surface area contributed by atoms with Gasteiger partial charge in [-0.2, -0.15) is 11.8 Å². The predicted molar refractivity (Wildman–Crippen MR) is 76.4 cm³/mol. The third kappa shape index (κ3) is 4.34. The fraction of sp³-hybridized carbons (Fsp3) is 0.923. The van der Waals surface area contributed by atoms with E-state index < -0.39 is 17.6 Å². The van der Waals surface area contributed by atoms with Crippen molar-refractivity contribution >= 4 is 17.7 Å². The van der Waals surface area contributed by atoms with Crippen LogP contribution in [0.5, 0.6) is 0 Å². The molecule has 3 unspecified atom stereocenters. The zero-order chi connectivity index (χ0) is 14.3. The van der Waals surface area contributed by atoms with Crippen molar-refractivity contribution in [3.63, 3.8) is 0 Å². The fourth-order valence-electron chi connectivity index (χ4n) is 2.87. The molecule has 1 saturated carbocycles. The monoisotopic (exact) mass is 291 g/mol. The molecule has 5 nitrogen and oxygen atoms in total. The van der Waals surface area contributed by atoms with Gasteiger partial charge in [-0.1, -0.05) is 13.3 Å². The summed E-state index contributed by atoms with van der Waals surface area (Å²) in [6.45, 7) is 2.39. The molecule has 0 spiro atoms. The largest absolute Gasteiger partial charge is 0.480 e. The molecule has 0 heterocycles. The van der Waals surface area contributed by atoms with E-state index in [9.17, 15) is 15.0 Å². The third-order valence-corrected chi connectivity index (χ3v) is 4.97. The molecule has 1 rings (SSSR count). The first-order chi connectivity index (χ1) is 9.06. The van der Waals surface area contributed by atoms with E-state index in [-0.39, 0.29) is 12.5 Å². The highest BCUT2D eigenvalue weighted by atomic mass is 32.2. The van der Waals surface area contributed by atoms with Gasteiger partial charge >= 0.3 is 5.97 Å². The molecule has 3 atom stereocenters. The molecule has 0 aromatic heterocycles. The highest BCUT2D eigenvalue weighted by molar-refractivity contribution is 7.99. The number of hydrogen-bond acceptors (Lipinski definition) is 5. The number of carboxylic acid groups (broad SMARTS) is 1. The van der Waals surface area contributed by atoms with Crippen LogP contribution in [0.1, 0.15) is 32.6 Å². The molecule has 6 heteroatoms. The average Bonchev–Trinajstić information content (AvgIpc) is 2.79. The Labute approximate surface area is 118 Å². The van der Waals surface area contributed by atoms with Crippen LogP contribution in [-0.2, 0) is 4.79 Å². The first kappa shape index (κ1) is 16.8. The summed E-state index contributed by atoms with van der Waals surface area (Å²) in [4.78, 5) is 11.6. The minimum atomic E-state index is -0.759. The summed E-state index contributed by atoms with van der Waals surface area (Å²) in [5, 5.41) is 30.6. The highest BCUT2D eigenvalue weighted by Crippen LogP contribution is 2.38. The summed E-state index contributed by atoms with van der Waals surface area (Å²) in [5.41, 5.74) is -0.759. The third-order valence-electron chi connectivity index (χ3n) is 3.83. The highest BCUT2D eigenvalue weighted by Gasteiger charge is 2.48. The van der Waals surface area contributed by atoms with Gasteiger partial charge in [-0.15, -0.1) is 0 Å². The van der Waals surface area contributed by atoms with E-state index in [4.69, 9.17) is 5.11 Å². The van der Waals surface area contributed by atoms with Crippen LogP contribution in [-0.4, -0.2) is 57.6 Å². The maximum atomic E-state index is 11.6. The predicted octanol–water partition coefficient (Wildman–Crippen LogP) is 0.696. The van der Waals surface area contributed by atoms with Crippen LogP contribution >= 0.6 is 11.8 Å². The number of likely N-dealkylation sites (N-methyl/N-ethyl adjacent to an activating group) is 1. The number of thioether (sulfide) groups is 1. The van der Waals surface area contributed by atoms with Crippen LogP contribution in [0.3, 0.4) is 0 Å². The molecule has 0 saturated heterocycles. The van der Waals surface area contributed by atoms with Gasteiger partial charge in [0.25, 0.3) is 0 Å². The molecular weight excluding hydrogens is 266 g/mol. The summed E-state index contributed by atoms with van der Waals surface area (Å²) < 4.78 is 0. The maximum absolute atomic E-state index is 11.6. The summed E-state index contributed by atoms with van der Waals surface area (Å²) in [5.74, 6) is 0.744. The van der Waals surface area contributed by atoms with Crippen LogP contribution in [0, 0.1) is 5.92 Å². The second-order valence-corrected chi connectivity index (χ2v) is 6.25. The topological polar surface area (TPSA) is 89.8 Å². The average molecular weight is 291 g/mol. The quantitative estimate of drug-likeness (QED) is 0.468. The van der Waals surface area contributed by atoms with E-state index in [0.29, 0.717) is 18.7 Å². The van der Waals surface area contributed by atoms with Gasteiger partial charge in [0.15, 0.2) is 0 Å². The van der Waals surface area contributed by atoms with Crippen molar-refractivity contribution in [2.45, 2.75) is 44.2 Å². The van der Waals surface area contributed by atoms with Crippen LogP contribution in [0.15, 0.2) is 0 Å². The minimum Gasteiger partial charge on any atom is -0.480 e. The van der Waals surface area contributed by atoms with Crippen molar-refractivity contribution < 1.29 is 20.1 Å². The van der Waals surface area contributed by atoms with Crippen LogP contribution in [0.2, 0.25) is 0 Å². The Bertz CT molecular complexity index is 290. The SMILES string of the molecule is CCNC1(C(=O)O)CCCC1CCSCC(O)CO. The molecule has 0 radical (unpaired) electrons. The second-order valence-electron chi connectivity index (χ2n) is 5.10. The zero-order valence-electron chi connectivity index (χ0n) is 11.5. The Kier molecular flexibility index (Phi) is 7.13. The Hall–Kier alpha value is -0.300. The van der Waals surface area contributed by atoms with E-state index in [0.717, 1.165) is 25.0 Å². The first-order valence-corrected chi connectivity index (χ1v) is 8.07. The van der Waals surface area contributed by atoms with E-state index in [1.54, 1.807) is 11.8 Å². The van der Waals surface area contributed by atoms with Crippen LogP contribution in [0.4, 0.5) is 0 Å². The molecule has 0 amide bonds. The molecular formula is C13H25NO4S. The molecule has 112 valence electrons. The van der Waals surface area contributed by atoms with Gasteiger partial charge in [0, 0.05) is 5.75 Å². The van der Waals surface area contributed by atoms with Gasteiger partial charge in [-0.3, -0.25) is 4.79 Å². The maximum Gasteiger partial charge on any atom is 0.324 e. The number of rotatable bonds is 9. The lowest BCUT2D eigenvalue weighted by atomic mass is 9.85. The van der Waals surface area contributed by atoms with Crippen molar-refractivity contribution in [2.75, 3.05) is 24.7 Å². The van der Waals surface area contributed by atoms with Crippen molar-refractivity contribution in [1.29, 1.82) is 0 Å². The van der Waals surface area contributed by atoms with Gasteiger partial charge in [-0.05, 0) is 37.5 Å². The fourth-order valence-corrected chi connectivity index (χ4v) is 3.87. The number of carboxylic acids is 1. The summed E-state index contributed by atoms with van der Waals surface area (Å²) in [6.07, 6.45) is 2.76. The molecule has 4 N–H and O–H groups in total. The summed E-state index contributed by atoms with van der Waals surface area (Å²) in [7, 11) is 0. The van der Waals surface area contributed by atoms with Crippen molar-refractivity contribution in [3.05, 3.63) is 0 Å². The Balaban J connectivity index is 2.44. The van der Waals surface area contributed by atoms with Crippen LogP contribution in [0.25, 0.3) is 0 Å². The Morgan fingerprint density at radius 1 is 1.58 bits per heavy atom. The van der Waals surface area contributed by atoms with E-state index in [1.165, 1.54) is 0 Å². The molecule has 0 aromatic carbocycles. The lowest BCUT2D eigenvalue weighted by Gasteiger charge is -2.32. The molecule has 19 heavy (non-hydrogen) atoms. The Morgan fingerprint density at radius 3 is 2.89 bits per heavy atom. The molecule has 1 fully saturated rings. The number of aliphatic hydroxyl groups is 2. The second kappa shape index (κ2) is 8.09. The Morgan fingerprint density at radius 2 is 2.32 bits per heavy atom. The number of aliphatic hydroxyl groups excluding tert-OH is 2. The minimum absolute atomic E-state index is 0.156. The number of aliphatic carboxylic acids is 1. The number of carbonyl (C=O) groups is 1. The van der Waals surface area contributed by atoms with Gasteiger partial charge in [0.1, 0.15) is 5.54 Å². The van der Waals surface area contributed by atoms with Gasteiger partial charge in [-0.25, -0.2) is 0 Å². The standard InChI is InChI=1S/C13H25NO4S/c1-2-14-13(12(17)18)6-3-4-10(13)5-7-19-9-11(16)8-15/h10-11,14-16H,2-9H2,1H3,(H,17,18). The summed E-state index contributed by atoms with van der Waals surface area (Å²) in [6, 6.07) is 0. The number of hydrogen-bond donors (Lipinski definition) is 4. The van der Waals surface area contributed by atoms with E-state index in [1.807, 2.05) is 6.92 Å². The van der Waals surface area contributed by atoms with Gasteiger partial charge < -0.3 is 20.6 Å². The first-order valence-electron chi connectivity index (χ1n) is 6.92. The van der Waals surface area contributed by atoms with E-state index in [2.05, 4.69) is 5.32 Å². The molecule has 0 bridgehead atoms. The molecule has 1 aliphatic rings. The van der Waals surface area contributed by atoms with Crippen molar-refractivity contribution in [3.8, 4) is 0 Å². The molecule has 1 aliphatic carbocycles. The summed E-state index contributed by atoms with van der Waals surface area (Å²) >= 11 is 1.57. The molecule has 0 aliphatic heterocycles. The number of nitrogens with one attached hydrogen (secondary N) is 1.